The van der Waals surface area contributed by atoms with Crippen molar-refractivity contribution in [1.29, 1.82) is 0 Å². The standard InChI is InChI=1S/C58H48N2/c1-7-39-17-25-43(26-18-39)59(47-33-35-51-49-13-9-11-15-53(49)57(3,4)55(51)37-47)45-29-21-41(22-30-45)42-23-31-46(32-24-42)60(44-27-19-40(8-2)20-28-44)48-34-36-52-50-14-10-12-16-54(50)58(5,6)56(52)38-48/h7-38H,1-2H2,3-6H3/i1D2,2D2,7D,8D. The first-order valence-corrected chi connectivity index (χ1v) is 20.5. The van der Waals surface area contributed by atoms with E-state index in [2.05, 4.69) is 171 Å². The summed E-state index contributed by atoms with van der Waals surface area (Å²) in [6, 6.07) is 62.6. The summed E-state index contributed by atoms with van der Waals surface area (Å²) in [5.74, 6) is 0. The molecule has 0 radical (unpaired) electrons. The van der Waals surface area contributed by atoms with E-state index in [0.717, 1.165) is 45.3 Å². The van der Waals surface area contributed by atoms with Gasteiger partial charge in [-0.3, -0.25) is 0 Å². The molecule has 0 atom stereocenters. The number of hydrogen-bond donors (Lipinski definition) is 0. The first-order chi connectivity index (χ1) is 31.7. The largest absolute Gasteiger partial charge is 0.310 e. The number of rotatable bonds is 9. The van der Waals surface area contributed by atoms with Gasteiger partial charge in [0.05, 0.1) is 8.22 Å². The third-order valence-corrected chi connectivity index (χ3v) is 12.8. The summed E-state index contributed by atoms with van der Waals surface area (Å²) in [5, 5.41) is 0. The molecule has 8 aromatic rings. The Bertz CT molecular complexity index is 3010. The maximum Gasteiger partial charge on any atom is 0.0623 e. The molecule has 10 rings (SSSR count). The van der Waals surface area contributed by atoms with Crippen molar-refractivity contribution in [1.82, 2.24) is 0 Å². The molecule has 0 saturated heterocycles. The highest BCUT2D eigenvalue weighted by molar-refractivity contribution is 5.88. The first kappa shape index (κ1) is 30.9. The van der Waals surface area contributed by atoms with Crippen LogP contribution in [-0.4, -0.2) is 0 Å². The summed E-state index contributed by atoms with van der Waals surface area (Å²) in [6.45, 7) is 8.09. The van der Waals surface area contributed by atoms with Crippen LogP contribution in [0.5, 0.6) is 0 Å². The van der Waals surface area contributed by atoms with E-state index in [9.17, 15) is 0 Å². The topological polar surface area (TPSA) is 6.48 Å². The predicted molar refractivity (Wildman–Crippen MR) is 257 cm³/mol. The summed E-state index contributed by atoms with van der Waals surface area (Å²) in [5.41, 5.74) is 18.7. The van der Waals surface area contributed by atoms with Crippen LogP contribution >= 0.6 is 0 Å². The van der Waals surface area contributed by atoms with Gasteiger partial charge in [-0.25, -0.2) is 0 Å². The van der Waals surface area contributed by atoms with Crippen molar-refractivity contribution in [3.63, 3.8) is 0 Å². The fourth-order valence-corrected chi connectivity index (χ4v) is 9.55. The van der Waals surface area contributed by atoms with Crippen LogP contribution in [0.25, 0.3) is 45.5 Å². The van der Waals surface area contributed by atoms with Gasteiger partial charge in [-0.05, 0) is 140 Å². The van der Waals surface area contributed by atoms with E-state index < -0.39 is 13.1 Å². The lowest BCUT2D eigenvalue weighted by molar-refractivity contribution is 0.660. The van der Waals surface area contributed by atoms with Gasteiger partial charge in [0, 0.05) is 45.0 Å². The second kappa shape index (κ2) is 14.3. The molecule has 0 saturated carbocycles. The van der Waals surface area contributed by atoms with Gasteiger partial charge in [-0.2, -0.15) is 0 Å². The molecule has 2 heteroatoms. The highest BCUT2D eigenvalue weighted by atomic mass is 15.1. The van der Waals surface area contributed by atoms with Gasteiger partial charge in [-0.15, -0.1) is 0 Å². The molecular weight excluding hydrogens is 725 g/mol. The fraction of sp³-hybridized carbons (Fsp3) is 0.103. The fourth-order valence-electron chi connectivity index (χ4n) is 9.55. The lowest BCUT2D eigenvalue weighted by Gasteiger charge is -2.28. The SMILES string of the molecule is [2H]C([2H])=C([2H])c1ccc(N(c2ccc(-c3ccc(N(c4ccc(C([2H])=C([2H])[2H])cc4)c4ccc5c(c4)C(C)(C)c4ccccc4-5)cc3)cc2)c2ccc3c(c2)C(C)(C)c2ccccc2-3)cc1. The van der Waals surface area contributed by atoms with Crippen LogP contribution in [0.3, 0.4) is 0 Å². The molecule has 0 spiro atoms. The maximum absolute atomic E-state index is 8.26. The zero-order valence-electron chi connectivity index (χ0n) is 40.2. The Balaban J connectivity index is 1.01. The Kier molecular flexibility index (Phi) is 7.35. The number of nitrogens with zero attached hydrogens (tertiary/aromatic N) is 2. The molecule has 0 aromatic heterocycles. The summed E-state index contributed by atoms with van der Waals surface area (Å²) in [4.78, 5) is 4.44. The van der Waals surface area contributed by atoms with Gasteiger partial charge in [0.25, 0.3) is 0 Å². The summed E-state index contributed by atoms with van der Waals surface area (Å²) in [6.07, 6.45) is 0. The number of fused-ring (bicyclic) bond motifs is 6. The average Bonchev–Trinajstić information content (AvgIpc) is 3.71. The Hall–Kier alpha value is -7.16. The smallest absolute Gasteiger partial charge is 0.0623 e. The molecule has 2 aliphatic carbocycles. The zero-order chi connectivity index (χ0) is 46.1. The Labute approximate surface area is 363 Å². The second-order valence-corrected chi connectivity index (χ2v) is 16.9. The number of hydrogen-bond acceptors (Lipinski definition) is 2. The quantitative estimate of drug-likeness (QED) is 0.144. The molecule has 0 unspecified atom stereocenters. The van der Waals surface area contributed by atoms with Gasteiger partial charge in [0.15, 0.2) is 0 Å². The van der Waals surface area contributed by atoms with Crippen LogP contribution in [0.4, 0.5) is 34.1 Å². The highest BCUT2D eigenvalue weighted by Gasteiger charge is 2.37. The molecule has 2 nitrogen and oxygen atoms in total. The van der Waals surface area contributed by atoms with E-state index in [-0.39, 0.29) is 22.9 Å². The lowest BCUT2D eigenvalue weighted by atomic mass is 9.82. The Morgan fingerprint density at radius 2 is 0.700 bits per heavy atom. The molecule has 60 heavy (non-hydrogen) atoms. The number of benzene rings is 8. The van der Waals surface area contributed by atoms with Crippen molar-refractivity contribution >= 4 is 46.2 Å². The highest BCUT2D eigenvalue weighted by Crippen LogP contribution is 2.52. The van der Waals surface area contributed by atoms with Crippen molar-refractivity contribution in [3.8, 4) is 33.4 Å². The molecule has 8 aromatic carbocycles. The predicted octanol–water partition coefficient (Wildman–Crippen LogP) is 16.2. The molecule has 0 N–H and O–H groups in total. The van der Waals surface area contributed by atoms with E-state index in [4.69, 9.17) is 8.22 Å². The van der Waals surface area contributed by atoms with Crippen LogP contribution < -0.4 is 9.80 Å². The average molecular weight is 779 g/mol. The molecular formula is C58H48N2. The zero-order valence-corrected chi connectivity index (χ0v) is 34.2. The molecule has 0 bridgehead atoms. The van der Waals surface area contributed by atoms with Gasteiger partial charge in [0.2, 0.25) is 0 Å². The maximum atomic E-state index is 8.26. The summed E-state index contributed by atoms with van der Waals surface area (Å²) >= 11 is 0. The van der Waals surface area contributed by atoms with Gasteiger partial charge >= 0.3 is 0 Å². The monoisotopic (exact) mass is 778 g/mol. The van der Waals surface area contributed by atoms with Crippen molar-refractivity contribution in [3.05, 3.63) is 228 Å². The molecule has 0 aliphatic heterocycles. The summed E-state index contributed by atoms with van der Waals surface area (Å²) in [7, 11) is 0. The van der Waals surface area contributed by atoms with Crippen molar-refractivity contribution < 1.29 is 8.22 Å². The van der Waals surface area contributed by atoms with Gasteiger partial charge in [-0.1, -0.05) is 162 Å². The normalized spacial score (nSPS) is 15.0. The third-order valence-electron chi connectivity index (χ3n) is 12.8. The minimum Gasteiger partial charge on any atom is -0.310 e. The third kappa shape index (κ3) is 6.02. The van der Waals surface area contributed by atoms with Crippen molar-refractivity contribution in [2.24, 2.45) is 0 Å². The van der Waals surface area contributed by atoms with E-state index >= 15 is 0 Å². The van der Waals surface area contributed by atoms with Gasteiger partial charge < -0.3 is 9.80 Å². The molecule has 0 amide bonds. The molecule has 290 valence electrons. The minimum absolute atomic E-state index is 0.118. The first-order valence-electron chi connectivity index (χ1n) is 23.5. The summed E-state index contributed by atoms with van der Waals surface area (Å²) < 4.78 is 47.4. The minimum atomic E-state index is -0.519. The van der Waals surface area contributed by atoms with E-state index in [1.54, 1.807) is 0 Å². The lowest BCUT2D eigenvalue weighted by Crippen LogP contribution is -2.16. The van der Waals surface area contributed by atoms with E-state index in [1.807, 2.05) is 48.5 Å². The Morgan fingerprint density at radius 1 is 0.383 bits per heavy atom. The van der Waals surface area contributed by atoms with Crippen LogP contribution in [0.1, 0.15) is 69.3 Å². The van der Waals surface area contributed by atoms with E-state index in [1.165, 1.54) is 44.5 Å². The molecule has 2 aliphatic rings. The van der Waals surface area contributed by atoms with Crippen molar-refractivity contribution in [2.45, 2.75) is 38.5 Å². The number of anilines is 6. The molecule has 0 heterocycles. The van der Waals surface area contributed by atoms with Crippen LogP contribution in [0.2, 0.25) is 0 Å². The van der Waals surface area contributed by atoms with Gasteiger partial charge in [0.1, 0.15) is 0 Å². The van der Waals surface area contributed by atoms with Crippen LogP contribution in [0.15, 0.2) is 195 Å². The second-order valence-electron chi connectivity index (χ2n) is 16.9. The van der Waals surface area contributed by atoms with Crippen LogP contribution in [0, 0.1) is 0 Å². The van der Waals surface area contributed by atoms with Crippen molar-refractivity contribution in [2.75, 3.05) is 9.80 Å². The van der Waals surface area contributed by atoms with Crippen LogP contribution in [-0.2, 0) is 10.8 Å². The molecule has 0 fully saturated rings. The van der Waals surface area contributed by atoms with E-state index in [0.29, 0.717) is 11.1 Å². The Morgan fingerprint density at radius 3 is 1.07 bits per heavy atom.